The van der Waals surface area contributed by atoms with Gasteiger partial charge in [0.2, 0.25) is 4.32 Å². The number of carbonyl (C=O) groups is 1. The molecule has 0 fully saturated rings. The van der Waals surface area contributed by atoms with E-state index in [4.69, 9.17) is 5.26 Å². The Morgan fingerprint density at radius 2 is 2.07 bits per heavy atom. The number of esters is 1. The van der Waals surface area contributed by atoms with E-state index < -0.39 is 10.3 Å². The van der Waals surface area contributed by atoms with Gasteiger partial charge in [0.1, 0.15) is 0 Å². The summed E-state index contributed by atoms with van der Waals surface area (Å²) in [6.07, 6.45) is 0. The van der Waals surface area contributed by atoms with Gasteiger partial charge in [-0.25, -0.2) is 4.79 Å². The lowest BCUT2D eigenvalue weighted by atomic mass is 10.0. The summed E-state index contributed by atoms with van der Waals surface area (Å²) in [6.45, 7) is 0. The van der Waals surface area contributed by atoms with Crippen molar-refractivity contribution in [2.45, 2.75) is 4.32 Å². The molecule has 72 valence electrons. The van der Waals surface area contributed by atoms with Crippen LogP contribution in [0.15, 0.2) is 30.3 Å². The van der Waals surface area contributed by atoms with E-state index in [1.165, 1.54) is 7.11 Å². The predicted octanol–water partition coefficient (Wildman–Crippen LogP) is 1.97. The van der Waals surface area contributed by atoms with Gasteiger partial charge >= 0.3 is 5.97 Å². The molecule has 0 saturated carbocycles. The Morgan fingerprint density at radius 3 is 2.50 bits per heavy atom. The van der Waals surface area contributed by atoms with Gasteiger partial charge in [-0.2, -0.15) is 5.26 Å². The minimum Gasteiger partial charge on any atom is -0.467 e. The molecule has 0 radical (unpaired) electrons. The van der Waals surface area contributed by atoms with E-state index in [9.17, 15) is 4.79 Å². The second-order valence-electron chi connectivity index (χ2n) is 2.63. The maximum atomic E-state index is 11.4. The average molecular weight is 254 g/mol. The van der Waals surface area contributed by atoms with Crippen LogP contribution >= 0.6 is 15.9 Å². The molecule has 3 nitrogen and oxygen atoms in total. The monoisotopic (exact) mass is 253 g/mol. The smallest absolute Gasteiger partial charge is 0.341 e. The minimum atomic E-state index is -1.40. The van der Waals surface area contributed by atoms with Crippen LogP contribution in [0.2, 0.25) is 0 Å². The van der Waals surface area contributed by atoms with Gasteiger partial charge < -0.3 is 4.74 Å². The molecule has 1 rings (SSSR count). The van der Waals surface area contributed by atoms with Crippen LogP contribution in [-0.4, -0.2) is 13.1 Å². The van der Waals surface area contributed by atoms with Crippen molar-refractivity contribution in [3.63, 3.8) is 0 Å². The molecule has 14 heavy (non-hydrogen) atoms. The molecular weight excluding hydrogens is 246 g/mol. The van der Waals surface area contributed by atoms with E-state index in [2.05, 4.69) is 20.7 Å². The maximum Gasteiger partial charge on any atom is 0.341 e. The van der Waals surface area contributed by atoms with Gasteiger partial charge in [-0.3, -0.25) is 0 Å². The lowest BCUT2D eigenvalue weighted by Crippen LogP contribution is -2.28. The summed E-state index contributed by atoms with van der Waals surface area (Å²) < 4.78 is 3.15. The molecule has 0 saturated heterocycles. The zero-order valence-corrected chi connectivity index (χ0v) is 9.11. The summed E-state index contributed by atoms with van der Waals surface area (Å²) in [5.41, 5.74) is 0.564. The highest BCUT2D eigenvalue weighted by atomic mass is 79.9. The number of halogens is 1. The van der Waals surface area contributed by atoms with Crippen molar-refractivity contribution < 1.29 is 9.53 Å². The number of carbonyl (C=O) groups excluding carboxylic acids is 1. The zero-order valence-electron chi connectivity index (χ0n) is 7.53. The third kappa shape index (κ3) is 1.78. The van der Waals surface area contributed by atoms with E-state index >= 15 is 0 Å². The number of hydrogen-bond acceptors (Lipinski definition) is 3. The third-order valence-electron chi connectivity index (χ3n) is 1.79. The molecule has 1 atom stereocenters. The molecule has 0 N–H and O–H groups in total. The van der Waals surface area contributed by atoms with Gasteiger partial charge in [-0.05, 0) is 5.56 Å². The van der Waals surface area contributed by atoms with E-state index in [1.54, 1.807) is 24.3 Å². The Morgan fingerprint density at radius 1 is 1.50 bits per heavy atom. The first kappa shape index (κ1) is 10.7. The molecule has 0 aliphatic carbocycles. The van der Waals surface area contributed by atoms with Gasteiger partial charge in [0.25, 0.3) is 0 Å². The lowest BCUT2D eigenvalue weighted by Gasteiger charge is -2.16. The first-order valence-corrected chi connectivity index (χ1v) is 4.68. The molecule has 0 aliphatic rings. The van der Waals surface area contributed by atoms with Crippen molar-refractivity contribution in [3.05, 3.63) is 35.9 Å². The number of rotatable bonds is 2. The van der Waals surface area contributed by atoms with Crippen LogP contribution in [0.25, 0.3) is 0 Å². The standard InChI is InChI=1S/C10H8BrNO2/c1-14-9(13)10(11,7-12)8-5-3-2-4-6-8/h2-6H,1H3. The van der Waals surface area contributed by atoms with Gasteiger partial charge in [0, 0.05) is 0 Å². The Balaban J connectivity index is 3.17. The van der Waals surface area contributed by atoms with Crippen molar-refractivity contribution in [1.82, 2.24) is 0 Å². The van der Waals surface area contributed by atoms with Crippen molar-refractivity contribution in [1.29, 1.82) is 5.26 Å². The Kier molecular flexibility index (Phi) is 3.26. The van der Waals surface area contributed by atoms with Crippen molar-refractivity contribution in [3.8, 4) is 6.07 Å². The molecule has 1 aromatic rings. The number of nitriles is 1. The molecule has 4 heteroatoms. The summed E-state index contributed by atoms with van der Waals surface area (Å²) >= 11 is 3.08. The van der Waals surface area contributed by atoms with Crippen LogP contribution in [0.5, 0.6) is 0 Å². The van der Waals surface area contributed by atoms with E-state index in [1.807, 2.05) is 12.1 Å². The predicted molar refractivity (Wildman–Crippen MR) is 54.7 cm³/mol. The minimum absolute atomic E-state index is 0.564. The summed E-state index contributed by atoms with van der Waals surface area (Å²) in [5.74, 6) is -0.619. The molecule has 0 bridgehead atoms. The number of benzene rings is 1. The molecule has 0 spiro atoms. The molecule has 1 unspecified atom stereocenters. The van der Waals surface area contributed by atoms with Gasteiger partial charge in [-0.1, -0.05) is 46.3 Å². The second kappa shape index (κ2) is 4.25. The SMILES string of the molecule is COC(=O)C(Br)(C#N)c1ccccc1. The third-order valence-corrected chi connectivity index (χ3v) is 2.75. The lowest BCUT2D eigenvalue weighted by molar-refractivity contribution is -0.141. The molecule has 0 amide bonds. The van der Waals surface area contributed by atoms with Crippen molar-refractivity contribution in [2.75, 3.05) is 7.11 Å². The summed E-state index contributed by atoms with van der Waals surface area (Å²) in [6, 6.07) is 10.6. The molecule has 0 heterocycles. The fourth-order valence-electron chi connectivity index (χ4n) is 1.04. The van der Waals surface area contributed by atoms with Crippen LogP contribution in [0, 0.1) is 11.3 Å². The molecular formula is C10H8BrNO2. The highest BCUT2D eigenvalue weighted by Gasteiger charge is 2.38. The molecule has 1 aromatic carbocycles. The first-order chi connectivity index (χ1) is 6.65. The fourth-order valence-corrected chi connectivity index (χ4v) is 1.46. The Bertz CT molecular complexity index is 371. The van der Waals surface area contributed by atoms with Crippen LogP contribution < -0.4 is 0 Å². The molecule has 0 aliphatic heterocycles. The number of methoxy groups -OCH3 is 1. The number of ether oxygens (including phenoxy) is 1. The van der Waals surface area contributed by atoms with Crippen molar-refractivity contribution in [2.24, 2.45) is 0 Å². The summed E-state index contributed by atoms with van der Waals surface area (Å²) in [5, 5.41) is 8.94. The summed E-state index contributed by atoms with van der Waals surface area (Å²) in [7, 11) is 1.25. The molecule has 0 aromatic heterocycles. The number of nitrogens with zero attached hydrogens (tertiary/aromatic N) is 1. The van der Waals surface area contributed by atoms with Crippen LogP contribution in [0.1, 0.15) is 5.56 Å². The highest BCUT2D eigenvalue weighted by molar-refractivity contribution is 9.10. The number of hydrogen-bond donors (Lipinski definition) is 0. The van der Waals surface area contributed by atoms with Crippen LogP contribution in [0.3, 0.4) is 0 Å². The van der Waals surface area contributed by atoms with E-state index in [-0.39, 0.29) is 0 Å². The van der Waals surface area contributed by atoms with Gasteiger partial charge in [-0.15, -0.1) is 0 Å². The normalized spacial score (nSPS) is 13.8. The Labute approximate surface area is 90.4 Å². The van der Waals surface area contributed by atoms with Gasteiger partial charge in [0.05, 0.1) is 13.2 Å². The topological polar surface area (TPSA) is 50.1 Å². The zero-order chi connectivity index (χ0) is 10.6. The van der Waals surface area contributed by atoms with Crippen LogP contribution in [0.4, 0.5) is 0 Å². The average Bonchev–Trinajstić information content (AvgIpc) is 2.28. The van der Waals surface area contributed by atoms with Crippen LogP contribution in [-0.2, 0) is 13.9 Å². The fraction of sp³-hybridized carbons (Fsp3) is 0.200. The first-order valence-electron chi connectivity index (χ1n) is 3.89. The largest absolute Gasteiger partial charge is 0.467 e. The highest BCUT2D eigenvalue weighted by Crippen LogP contribution is 2.31. The quantitative estimate of drug-likeness (QED) is 0.598. The van der Waals surface area contributed by atoms with E-state index in [0.29, 0.717) is 5.56 Å². The number of alkyl halides is 1. The Hall–Kier alpha value is -1.34. The van der Waals surface area contributed by atoms with Crippen molar-refractivity contribution >= 4 is 21.9 Å². The van der Waals surface area contributed by atoms with E-state index in [0.717, 1.165) is 0 Å². The summed E-state index contributed by atoms with van der Waals surface area (Å²) in [4.78, 5) is 11.4. The van der Waals surface area contributed by atoms with Gasteiger partial charge in [0.15, 0.2) is 0 Å². The second-order valence-corrected chi connectivity index (χ2v) is 3.82. The maximum absolute atomic E-state index is 11.4.